The van der Waals surface area contributed by atoms with Crippen molar-refractivity contribution in [1.82, 2.24) is 0 Å². The Hall–Kier alpha value is -3.29. The van der Waals surface area contributed by atoms with Crippen LogP contribution in [0.4, 0.5) is 10.1 Å². The van der Waals surface area contributed by atoms with Crippen molar-refractivity contribution < 1.29 is 32.9 Å². The molecule has 1 N–H and O–H groups in total. The molecule has 1 aliphatic heterocycles. The van der Waals surface area contributed by atoms with Gasteiger partial charge in [-0.05, 0) is 36.8 Å². The van der Waals surface area contributed by atoms with Crippen molar-refractivity contribution in [1.29, 1.82) is 0 Å². The SMILES string of the molecule is COc1ccc(CC(=O)O[C@H](C)C(=O)Nc2ccc3c(c2)OCO3)cc1F. The molecule has 0 unspecified atom stereocenters. The Kier molecular flexibility index (Phi) is 5.44. The molecule has 0 aromatic heterocycles. The second-order valence-electron chi connectivity index (χ2n) is 5.84. The fraction of sp³-hybridized carbons (Fsp3) is 0.263. The molecule has 27 heavy (non-hydrogen) atoms. The first-order valence-electron chi connectivity index (χ1n) is 8.18. The highest BCUT2D eigenvalue weighted by molar-refractivity contribution is 5.95. The summed E-state index contributed by atoms with van der Waals surface area (Å²) in [7, 11) is 1.35. The van der Waals surface area contributed by atoms with Gasteiger partial charge >= 0.3 is 5.97 Å². The number of carbonyl (C=O) groups is 2. The molecule has 1 heterocycles. The Bertz CT molecular complexity index is 869. The zero-order valence-electron chi connectivity index (χ0n) is 14.8. The highest BCUT2D eigenvalue weighted by Gasteiger charge is 2.20. The first-order valence-corrected chi connectivity index (χ1v) is 8.18. The second kappa shape index (κ2) is 7.94. The van der Waals surface area contributed by atoms with Crippen LogP contribution in [0.15, 0.2) is 36.4 Å². The van der Waals surface area contributed by atoms with Gasteiger partial charge < -0.3 is 24.3 Å². The largest absolute Gasteiger partial charge is 0.494 e. The summed E-state index contributed by atoms with van der Waals surface area (Å²) in [5.41, 5.74) is 0.908. The lowest BCUT2D eigenvalue weighted by molar-refractivity contribution is -0.152. The van der Waals surface area contributed by atoms with Gasteiger partial charge in [0.15, 0.2) is 29.2 Å². The average molecular weight is 375 g/mol. The molecule has 1 aliphatic rings. The molecule has 2 aromatic rings. The van der Waals surface area contributed by atoms with E-state index in [1.54, 1.807) is 24.3 Å². The molecule has 0 saturated carbocycles. The Morgan fingerprint density at radius 3 is 2.70 bits per heavy atom. The van der Waals surface area contributed by atoms with Gasteiger partial charge in [0.05, 0.1) is 13.5 Å². The van der Waals surface area contributed by atoms with E-state index in [1.807, 2.05) is 0 Å². The van der Waals surface area contributed by atoms with Gasteiger partial charge in [-0.3, -0.25) is 9.59 Å². The van der Waals surface area contributed by atoms with E-state index in [4.69, 9.17) is 18.9 Å². The number of carbonyl (C=O) groups excluding carboxylic acids is 2. The number of hydrogen-bond donors (Lipinski definition) is 1. The first-order chi connectivity index (χ1) is 13.0. The van der Waals surface area contributed by atoms with E-state index in [2.05, 4.69) is 5.32 Å². The van der Waals surface area contributed by atoms with E-state index in [1.165, 1.54) is 26.2 Å². The molecule has 142 valence electrons. The number of rotatable bonds is 6. The van der Waals surface area contributed by atoms with E-state index >= 15 is 0 Å². The van der Waals surface area contributed by atoms with Crippen LogP contribution >= 0.6 is 0 Å². The molecular formula is C19H18FNO6. The number of anilines is 1. The molecule has 2 aromatic carbocycles. The molecule has 0 bridgehead atoms. The van der Waals surface area contributed by atoms with Crippen LogP contribution in [0.25, 0.3) is 0 Å². The van der Waals surface area contributed by atoms with Crippen LogP contribution in [0.2, 0.25) is 0 Å². The first kappa shape index (κ1) is 18.5. The minimum Gasteiger partial charge on any atom is -0.494 e. The molecular weight excluding hydrogens is 357 g/mol. The number of benzene rings is 2. The highest BCUT2D eigenvalue weighted by Crippen LogP contribution is 2.34. The predicted molar refractivity (Wildman–Crippen MR) is 93.4 cm³/mol. The normalized spacial score (nSPS) is 13.0. The smallest absolute Gasteiger partial charge is 0.311 e. The molecule has 0 fully saturated rings. The number of halogens is 1. The third-order valence-electron chi connectivity index (χ3n) is 3.88. The van der Waals surface area contributed by atoms with Crippen molar-refractivity contribution in [2.24, 2.45) is 0 Å². The zero-order valence-corrected chi connectivity index (χ0v) is 14.8. The Morgan fingerprint density at radius 2 is 1.96 bits per heavy atom. The Morgan fingerprint density at radius 1 is 1.19 bits per heavy atom. The second-order valence-corrected chi connectivity index (χ2v) is 5.84. The third kappa shape index (κ3) is 4.46. The van der Waals surface area contributed by atoms with Crippen molar-refractivity contribution in [3.05, 3.63) is 47.8 Å². The van der Waals surface area contributed by atoms with Gasteiger partial charge in [-0.15, -0.1) is 0 Å². The number of amides is 1. The number of nitrogens with one attached hydrogen (secondary N) is 1. The Balaban J connectivity index is 1.54. The maximum atomic E-state index is 13.7. The number of ether oxygens (including phenoxy) is 4. The molecule has 0 aliphatic carbocycles. The van der Waals surface area contributed by atoms with E-state index in [-0.39, 0.29) is 19.0 Å². The number of fused-ring (bicyclic) bond motifs is 1. The quantitative estimate of drug-likeness (QED) is 0.782. The molecule has 7 nitrogen and oxygen atoms in total. The summed E-state index contributed by atoms with van der Waals surface area (Å²) in [4.78, 5) is 24.2. The summed E-state index contributed by atoms with van der Waals surface area (Å²) in [5, 5.41) is 2.64. The number of methoxy groups -OCH3 is 1. The topological polar surface area (TPSA) is 83.1 Å². The lowest BCUT2D eigenvalue weighted by Gasteiger charge is -2.14. The predicted octanol–water partition coefficient (Wildman–Crippen LogP) is 2.68. The van der Waals surface area contributed by atoms with Crippen LogP contribution in [0, 0.1) is 5.82 Å². The Labute approximate surface area is 155 Å². The van der Waals surface area contributed by atoms with Gasteiger partial charge in [0.1, 0.15) is 0 Å². The summed E-state index contributed by atoms with van der Waals surface area (Å²) < 4.78 is 34.0. The lowest BCUT2D eigenvalue weighted by Crippen LogP contribution is -2.30. The van der Waals surface area contributed by atoms with E-state index in [0.29, 0.717) is 22.7 Å². The standard InChI is InChI=1S/C19H18FNO6/c1-11(19(23)21-13-4-6-16-17(9-13)26-10-25-16)27-18(22)8-12-3-5-15(24-2)14(20)7-12/h3-7,9,11H,8,10H2,1-2H3,(H,21,23)/t11-/m1/s1. The van der Waals surface area contributed by atoms with Crippen LogP contribution in [0.5, 0.6) is 17.2 Å². The van der Waals surface area contributed by atoms with E-state index < -0.39 is 23.8 Å². The maximum absolute atomic E-state index is 13.7. The van der Waals surface area contributed by atoms with Crippen molar-refractivity contribution in [2.45, 2.75) is 19.4 Å². The number of hydrogen-bond acceptors (Lipinski definition) is 6. The van der Waals surface area contributed by atoms with Crippen molar-refractivity contribution >= 4 is 17.6 Å². The van der Waals surface area contributed by atoms with Gasteiger partial charge in [0.2, 0.25) is 6.79 Å². The maximum Gasteiger partial charge on any atom is 0.311 e. The van der Waals surface area contributed by atoms with Gasteiger partial charge in [-0.25, -0.2) is 4.39 Å². The molecule has 8 heteroatoms. The van der Waals surface area contributed by atoms with E-state index in [0.717, 1.165) is 0 Å². The summed E-state index contributed by atoms with van der Waals surface area (Å²) in [6, 6.07) is 9.12. The molecule has 0 radical (unpaired) electrons. The monoisotopic (exact) mass is 375 g/mol. The lowest BCUT2D eigenvalue weighted by atomic mass is 10.1. The fourth-order valence-electron chi connectivity index (χ4n) is 2.50. The van der Waals surface area contributed by atoms with Crippen molar-refractivity contribution in [3.63, 3.8) is 0 Å². The zero-order chi connectivity index (χ0) is 19.4. The molecule has 1 atom stereocenters. The molecule has 0 saturated heterocycles. The summed E-state index contributed by atoms with van der Waals surface area (Å²) >= 11 is 0. The minimum atomic E-state index is -1.02. The highest BCUT2D eigenvalue weighted by atomic mass is 19.1. The van der Waals surface area contributed by atoms with Gasteiger partial charge in [0, 0.05) is 11.8 Å². The van der Waals surface area contributed by atoms with Crippen molar-refractivity contribution in [2.75, 3.05) is 19.2 Å². The van der Waals surface area contributed by atoms with Crippen molar-refractivity contribution in [3.8, 4) is 17.2 Å². The molecule has 0 spiro atoms. The summed E-state index contributed by atoms with van der Waals surface area (Å²) in [6.45, 7) is 1.58. The van der Waals surface area contributed by atoms with E-state index in [9.17, 15) is 14.0 Å². The van der Waals surface area contributed by atoms with Crippen LogP contribution in [-0.2, 0) is 20.7 Å². The molecule has 1 amide bonds. The summed E-state index contributed by atoms with van der Waals surface area (Å²) in [5.74, 6) is -0.505. The van der Waals surface area contributed by atoms with Gasteiger partial charge in [-0.2, -0.15) is 0 Å². The van der Waals surface area contributed by atoms with Crippen LogP contribution in [-0.4, -0.2) is 31.9 Å². The summed E-state index contributed by atoms with van der Waals surface area (Å²) in [6.07, 6.45) is -1.19. The minimum absolute atomic E-state index is 0.0867. The number of esters is 1. The van der Waals surface area contributed by atoms with Crippen LogP contribution in [0.3, 0.4) is 0 Å². The fourth-order valence-corrected chi connectivity index (χ4v) is 2.50. The van der Waals surface area contributed by atoms with Gasteiger partial charge in [0.25, 0.3) is 5.91 Å². The van der Waals surface area contributed by atoms with Crippen LogP contribution < -0.4 is 19.5 Å². The average Bonchev–Trinajstić information content (AvgIpc) is 3.09. The van der Waals surface area contributed by atoms with Gasteiger partial charge in [-0.1, -0.05) is 6.07 Å². The van der Waals surface area contributed by atoms with Crippen LogP contribution in [0.1, 0.15) is 12.5 Å². The third-order valence-corrected chi connectivity index (χ3v) is 3.88. The molecule has 3 rings (SSSR count).